The molecule has 7 nitrogen and oxygen atoms in total. The molecule has 2 amide bonds. The van der Waals surface area contributed by atoms with E-state index in [0.717, 1.165) is 18.4 Å². The molecule has 0 N–H and O–H groups in total. The van der Waals surface area contributed by atoms with Crippen molar-refractivity contribution in [2.24, 2.45) is 0 Å². The van der Waals surface area contributed by atoms with Crippen LogP contribution < -0.4 is 9.47 Å². The molecule has 8 heteroatoms. The predicted octanol–water partition coefficient (Wildman–Crippen LogP) is 3.06. The summed E-state index contributed by atoms with van der Waals surface area (Å²) in [5, 5.41) is 0.501. The summed E-state index contributed by atoms with van der Waals surface area (Å²) >= 11 is 6.14. The largest absolute Gasteiger partial charge is 0.495 e. The number of aromatic nitrogens is 1. The van der Waals surface area contributed by atoms with Crippen LogP contribution in [0.3, 0.4) is 0 Å². The lowest BCUT2D eigenvalue weighted by Gasteiger charge is -2.32. The van der Waals surface area contributed by atoms with Gasteiger partial charge in [-0.15, -0.1) is 0 Å². The van der Waals surface area contributed by atoms with E-state index in [1.807, 2.05) is 11.0 Å². The number of likely N-dealkylation sites (tertiary alicyclic amines) is 1. The summed E-state index contributed by atoms with van der Waals surface area (Å²) in [4.78, 5) is 32.1. The fourth-order valence-electron chi connectivity index (χ4n) is 3.33. The topological polar surface area (TPSA) is 72.0 Å². The van der Waals surface area contributed by atoms with E-state index in [1.54, 1.807) is 45.5 Å². The number of nitrogens with zero attached hydrogens (tertiary/aromatic N) is 3. The molecule has 1 aromatic carbocycles. The number of amides is 2. The number of rotatable bonds is 6. The van der Waals surface area contributed by atoms with Gasteiger partial charge >= 0.3 is 0 Å². The first-order chi connectivity index (χ1) is 14.4. The summed E-state index contributed by atoms with van der Waals surface area (Å²) in [7, 11) is 4.96. The van der Waals surface area contributed by atoms with E-state index in [2.05, 4.69) is 4.98 Å². The van der Waals surface area contributed by atoms with Crippen molar-refractivity contribution in [3.63, 3.8) is 0 Å². The number of carbonyl (C=O) groups excluding carboxylic acids is 2. The van der Waals surface area contributed by atoms with Crippen molar-refractivity contribution in [2.45, 2.75) is 25.4 Å². The van der Waals surface area contributed by atoms with Crippen LogP contribution in [-0.2, 0) is 11.2 Å². The Labute approximate surface area is 181 Å². The van der Waals surface area contributed by atoms with Gasteiger partial charge in [-0.1, -0.05) is 17.7 Å². The van der Waals surface area contributed by atoms with Crippen molar-refractivity contribution in [3.05, 3.63) is 52.7 Å². The fourth-order valence-corrected chi connectivity index (χ4v) is 3.62. The van der Waals surface area contributed by atoms with Crippen LogP contribution in [0.2, 0.25) is 5.02 Å². The Balaban J connectivity index is 1.49. The zero-order valence-electron chi connectivity index (χ0n) is 17.4. The molecule has 2 heterocycles. The second kappa shape index (κ2) is 9.80. The number of methoxy groups -OCH3 is 1. The van der Waals surface area contributed by atoms with Crippen molar-refractivity contribution in [1.29, 1.82) is 0 Å². The zero-order chi connectivity index (χ0) is 21.7. The van der Waals surface area contributed by atoms with Crippen LogP contribution in [0.25, 0.3) is 0 Å². The number of hydrogen-bond acceptors (Lipinski definition) is 5. The normalized spacial score (nSPS) is 14.3. The highest BCUT2D eigenvalue weighted by molar-refractivity contribution is 6.32. The van der Waals surface area contributed by atoms with Gasteiger partial charge in [0.25, 0.3) is 5.91 Å². The molecular formula is C22H26ClN3O4. The molecule has 2 aromatic rings. The summed E-state index contributed by atoms with van der Waals surface area (Å²) in [6.45, 7) is 1.26. The van der Waals surface area contributed by atoms with E-state index < -0.39 is 0 Å². The average Bonchev–Trinajstić information content (AvgIpc) is 2.74. The van der Waals surface area contributed by atoms with Crippen LogP contribution in [0.4, 0.5) is 0 Å². The maximum Gasteiger partial charge on any atom is 0.254 e. The molecule has 1 aromatic heterocycles. The second-order valence-corrected chi connectivity index (χ2v) is 7.84. The Morgan fingerprint density at radius 2 is 1.93 bits per heavy atom. The summed E-state index contributed by atoms with van der Waals surface area (Å²) in [6, 6.07) is 8.82. The monoisotopic (exact) mass is 431 g/mol. The Bertz CT molecular complexity index is 894. The molecule has 30 heavy (non-hydrogen) atoms. The summed E-state index contributed by atoms with van der Waals surface area (Å²) in [5.41, 5.74) is 1.38. The number of pyridine rings is 1. The molecule has 0 radical (unpaired) electrons. The minimum atomic E-state index is -0.0981. The molecule has 0 unspecified atom stereocenters. The first-order valence-electron chi connectivity index (χ1n) is 9.82. The highest BCUT2D eigenvalue weighted by Gasteiger charge is 2.24. The van der Waals surface area contributed by atoms with Gasteiger partial charge in [0.15, 0.2) is 0 Å². The number of halogens is 1. The summed E-state index contributed by atoms with van der Waals surface area (Å²) < 4.78 is 11.1. The third-order valence-electron chi connectivity index (χ3n) is 5.04. The number of piperidine rings is 1. The minimum absolute atomic E-state index is 0.00705. The van der Waals surface area contributed by atoms with E-state index in [0.29, 0.717) is 41.7 Å². The van der Waals surface area contributed by atoms with Crippen molar-refractivity contribution >= 4 is 23.4 Å². The molecule has 0 atom stereocenters. The van der Waals surface area contributed by atoms with Crippen molar-refractivity contribution < 1.29 is 19.1 Å². The fraction of sp³-hybridized carbons (Fsp3) is 0.409. The minimum Gasteiger partial charge on any atom is -0.495 e. The summed E-state index contributed by atoms with van der Waals surface area (Å²) in [5.74, 6) is 1.06. The van der Waals surface area contributed by atoms with Gasteiger partial charge in [0, 0.05) is 52.3 Å². The zero-order valence-corrected chi connectivity index (χ0v) is 18.2. The van der Waals surface area contributed by atoms with Gasteiger partial charge in [-0.05, 0) is 23.8 Å². The highest BCUT2D eigenvalue weighted by Crippen LogP contribution is 2.25. The lowest BCUT2D eigenvalue weighted by Crippen LogP contribution is -2.42. The van der Waals surface area contributed by atoms with Gasteiger partial charge < -0.3 is 19.3 Å². The standard InChI is InChI=1S/C22H26ClN3O4/c1-25(2)22(28)16-5-7-20(24-14-16)30-17-8-10-26(11-9-17)21(27)13-15-4-6-19(29-3)18(23)12-15/h4-7,12,14,17H,8-11,13H2,1-3H3. The second-order valence-electron chi connectivity index (χ2n) is 7.43. The lowest BCUT2D eigenvalue weighted by molar-refractivity contribution is -0.132. The van der Waals surface area contributed by atoms with Crippen LogP contribution in [0.15, 0.2) is 36.5 Å². The van der Waals surface area contributed by atoms with Gasteiger partial charge in [0.1, 0.15) is 11.9 Å². The van der Waals surface area contributed by atoms with Crippen molar-refractivity contribution in [3.8, 4) is 11.6 Å². The maximum atomic E-state index is 12.6. The van der Waals surface area contributed by atoms with Gasteiger partial charge in [-0.25, -0.2) is 4.98 Å². The Kier molecular flexibility index (Phi) is 7.15. The van der Waals surface area contributed by atoms with E-state index in [9.17, 15) is 9.59 Å². The number of hydrogen-bond donors (Lipinski definition) is 0. The van der Waals surface area contributed by atoms with Crippen molar-refractivity contribution in [1.82, 2.24) is 14.8 Å². The average molecular weight is 432 g/mol. The van der Waals surface area contributed by atoms with E-state index >= 15 is 0 Å². The molecule has 1 saturated heterocycles. The first-order valence-corrected chi connectivity index (χ1v) is 10.2. The first kappa shape index (κ1) is 21.9. The third-order valence-corrected chi connectivity index (χ3v) is 5.34. The Hall–Kier alpha value is -2.80. The van der Waals surface area contributed by atoms with E-state index in [-0.39, 0.29) is 17.9 Å². The quantitative estimate of drug-likeness (QED) is 0.702. The maximum absolute atomic E-state index is 12.6. The number of benzene rings is 1. The predicted molar refractivity (Wildman–Crippen MR) is 114 cm³/mol. The summed E-state index contributed by atoms with van der Waals surface area (Å²) in [6.07, 6.45) is 3.28. The van der Waals surface area contributed by atoms with Gasteiger partial charge in [-0.3, -0.25) is 9.59 Å². The van der Waals surface area contributed by atoms with Crippen LogP contribution in [0.5, 0.6) is 11.6 Å². The lowest BCUT2D eigenvalue weighted by atomic mass is 10.1. The van der Waals surface area contributed by atoms with Gasteiger partial charge in [0.2, 0.25) is 11.8 Å². The highest BCUT2D eigenvalue weighted by atomic mass is 35.5. The molecule has 1 aliphatic heterocycles. The Morgan fingerprint density at radius 1 is 1.20 bits per heavy atom. The third kappa shape index (κ3) is 5.42. The SMILES string of the molecule is COc1ccc(CC(=O)N2CCC(Oc3ccc(C(=O)N(C)C)cn3)CC2)cc1Cl. The molecule has 0 aliphatic carbocycles. The van der Waals surface area contributed by atoms with Crippen LogP contribution >= 0.6 is 11.6 Å². The molecule has 0 bridgehead atoms. The number of carbonyl (C=O) groups is 2. The molecular weight excluding hydrogens is 406 g/mol. The molecule has 0 spiro atoms. The Morgan fingerprint density at radius 3 is 2.50 bits per heavy atom. The van der Waals surface area contributed by atoms with Crippen molar-refractivity contribution in [2.75, 3.05) is 34.3 Å². The number of ether oxygens (including phenoxy) is 2. The van der Waals surface area contributed by atoms with Gasteiger partial charge in [0.05, 0.1) is 24.1 Å². The van der Waals surface area contributed by atoms with Crippen LogP contribution in [0, 0.1) is 0 Å². The molecule has 0 saturated carbocycles. The molecule has 1 fully saturated rings. The molecule has 3 rings (SSSR count). The van der Waals surface area contributed by atoms with Gasteiger partial charge in [-0.2, -0.15) is 0 Å². The smallest absolute Gasteiger partial charge is 0.254 e. The van der Waals surface area contributed by atoms with E-state index in [1.165, 1.54) is 11.1 Å². The van der Waals surface area contributed by atoms with Crippen LogP contribution in [0.1, 0.15) is 28.8 Å². The van der Waals surface area contributed by atoms with E-state index in [4.69, 9.17) is 21.1 Å². The van der Waals surface area contributed by atoms with Crippen LogP contribution in [-0.4, -0.2) is 67.0 Å². The molecule has 160 valence electrons. The molecule has 1 aliphatic rings.